The van der Waals surface area contributed by atoms with Crippen molar-refractivity contribution in [3.8, 4) is 0 Å². The van der Waals surface area contributed by atoms with E-state index in [0.717, 1.165) is 29.2 Å². The lowest BCUT2D eigenvalue weighted by Gasteiger charge is -2.22. The molecule has 0 aromatic heterocycles. The van der Waals surface area contributed by atoms with Gasteiger partial charge in [-0.2, -0.15) is 0 Å². The largest absolute Gasteiger partial charge is 0.289 e. The minimum absolute atomic E-state index is 0.309. The smallest absolute Gasteiger partial charge is 0.252 e. The minimum Gasteiger partial charge on any atom is -0.289 e. The van der Waals surface area contributed by atoms with Gasteiger partial charge in [-0.05, 0) is 48.5 Å². The Hall–Kier alpha value is -2.80. The third kappa shape index (κ3) is 3.64. The molecule has 2 aromatic rings. The molecular weight excluding hydrogens is 294 g/mol. The molecule has 5 nitrogen and oxygen atoms in total. The number of anilines is 2. The number of hydrogen-bond donors (Lipinski definition) is 2. The lowest BCUT2D eigenvalue weighted by molar-refractivity contribution is -0.133. The van der Waals surface area contributed by atoms with Gasteiger partial charge < -0.3 is 0 Å². The summed E-state index contributed by atoms with van der Waals surface area (Å²) in [5.74, 6) is -2.52. The molecule has 2 aromatic carbocycles. The van der Waals surface area contributed by atoms with E-state index in [1.165, 1.54) is 29.7 Å². The SMILES string of the molecule is O=C(CC(=O)N(c1ccc(F)cc1)c1ccc(F)cc1)NO. The van der Waals surface area contributed by atoms with Crippen LogP contribution in [0.1, 0.15) is 6.42 Å². The molecule has 7 heteroatoms. The van der Waals surface area contributed by atoms with Crippen LogP contribution in [-0.2, 0) is 9.59 Å². The Balaban J connectivity index is 2.39. The lowest BCUT2D eigenvalue weighted by Crippen LogP contribution is -2.31. The van der Waals surface area contributed by atoms with Crippen molar-refractivity contribution in [2.24, 2.45) is 0 Å². The first-order valence-corrected chi connectivity index (χ1v) is 6.28. The minimum atomic E-state index is -0.890. The van der Waals surface area contributed by atoms with Gasteiger partial charge in [-0.25, -0.2) is 14.3 Å². The normalized spacial score (nSPS) is 10.1. The number of nitrogens with zero attached hydrogens (tertiary/aromatic N) is 1. The molecular formula is C15H12F2N2O3. The highest BCUT2D eigenvalue weighted by Crippen LogP contribution is 2.26. The molecule has 0 saturated carbocycles. The van der Waals surface area contributed by atoms with E-state index in [1.54, 1.807) is 0 Å². The Bertz CT molecular complexity index is 627. The first-order valence-electron chi connectivity index (χ1n) is 6.28. The van der Waals surface area contributed by atoms with E-state index in [2.05, 4.69) is 0 Å². The van der Waals surface area contributed by atoms with E-state index in [0.29, 0.717) is 11.4 Å². The fourth-order valence-corrected chi connectivity index (χ4v) is 1.87. The molecule has 0 unspecified atom stereocenters. The Morgan fingerprint density at radius 1 is 0.909 bits per heavy atom. The van der Waals surface area contributed by atoms with Crippen molar-refractivity contribution in [2.75, 3.05) is 4.90 Å². The maximum atomic E-state index is 13.0. The predicted octanol–water partition coefficient (Wildman–Crippen LogP) is 2.52. The van der Waals surface area contributed by atoms with Crippen LogP contribution in [0.2, 0.25) is 0 Å². The highest BCUT2D eigenvalue weighted by Gasteiger charge is 2.20. The highest BCUT2D eigenvalue weighted by molar-refractivity contribution is 6.08. The first-order chi connectivity index (χ1) is 10.5. The third-order valence-corrected chi connectivity index (χ3v) is 2.86. The first kappa shape index (κ1) is 15.6. The molecule has 2 rings (SSSR count). The summed E-state index contributed by atoms with van der Waals surface area (Å²) in [4.78, 5) is 24.6. The summed E-state index contributed by atoms with van der Waals surface area (Å²) < 4.78 is 26.0. The van der Waals surface area contributed by atoms with E-state index in [4.69, 9.17) is 5.21 Å². The van der Waals surface area contributed by atoms with Crippen molar-refractivity contribution < 1.29 is 23.6 Å². The summed E-state index contributed by atoms with van der Waals surface area (Å²) in [5.41, 5.74) is 1.98. The van der Waals surface area contributed by atoms with Gasteiger partial charge in [0.15, 0.2) is 0 Å². The number of nitrogens with one attached hydrogen (secondary N) is 1. The summed E-state index contributed by atoms with van der Waals surface area (Å²) in [7, 11) is 0. The molecule has 0 radical (unpaired) electrons. The molecule has 0 bridgehead atoms. The zero-order valence-electron chi connectivity index (χ0n) is 11.3. The number of halogens is 2. The van der Waals surface area contributed by atoms with E-state index < -0.39 is 29.9 Å². The van der Waals surface area contributed by atoms with Crippen molar-refractivity contribution in [3.05, 3.63) is 60.2 Å². The van der Waals surface area contributed by atoms with Crippen LogP contribution in [0.25, 0.3) is 0 Å². The summed E-state index contributed by atoms with van der Waals surface area (Å²) >= 11 is 0. The van der Waals surface area contributed by atoms with Gasteiger partial charge in [-0.15, -0.1) is 0 Å². The molecule has 0 heterocycles. The van der Waals surface area contributed by atoms with Gasteiger partial charge in [0.2, 0.25) is 5.91 Å². The van der Waals surface area contributed by atoms with Gasteiger partial charge in [-0.1, -0.05) is 0 Å². The lowest BCUT2D eigenvalue weighted by atomic mass is 10.2. The van der Waals surface area contributed by atoms with Crippen LogP contribution in [0, 0.1) is 11.6 Å². The van der Waals surface area contributed by atoms with Crippen LogP contribution < -0.4 is 10.4 Å². The number of carbonyl (C=O) groups is 2. The predicted molar refractivity (Wildman–Crippen MR) is 74.5 cm³/mol. The average Bonchev–Trinajstić information content (AvgIpc) is 2.51. The molecule has 2 N–H and O–H groups in total. The standard InChI is InChI=1S/C15H12F2N2O3/c16-10-1-5-12(6-2-10)19(15(21)9-14(20)18-22)13-7-3-11(17)4-8-13/h1-8,22H,9H2,(H,18,20). The van der Waals surface area contributed by atoms with E-state index >= 15 is 0 Å². The number of amides is 2. The highest BCUT2D eigenvalue weighted by atomic mass is 19.1. The molecule has 0 spiro atoms. The van der Waals surface area contributed by atoms with Crippen LogP contribution in [0.3, 0.4) is 0 Å². The molecule has 0 aliphatic heterocycles. The van der Waals surface area contributed by atoms with Gasteiger partial charge in [0.25, 0.3) is 5.91 Å². The third-order valence-electron chi connectivity index (χ3n) is 2.86. The fraction of sp³-hybridized carbons (Fsp3) is 0.0667. The van der Waals surface area contributed by atoms with Gasteiger partial charge in [0.1, 0.15) is 18.1 Å². The number of hydroxylamine groups is 1. The Morgan fingerprint density at radius 2 is 1.32 bits per heavy atom. The summed E-state index contributed by atoms with van der Waals surface area (Å²) in [6.07, 6.45) is -0.620. The Morgan fingerprint density at radius 3 is 1.68 bits per heavy atom. The van der Waals surface area contributed by atoms with E-state index in [9.17, 15) is 18.4 Å². The molecule has 0 aliphatic carbocycles. The second kappa shape index (κ2) is 6.77. The van der Waals surface area contributed by atoms with E-state index in [-0.39, 0.29) is 0 Å². The summed E-state index contributed by atoms with van der Waals surface area (Å²) in [6.45, 7) is 0. The number of carbonyl (C=O) groups excluding carboxylic acids is 2. The Labute approximate surface area is 124 Å². The second-order valence-corrected chi connectivity index (χ2v) is 4.39. The zero-order valence-corrected chi connectivity index (χ0v) is 11.3. The summed E-state index contributed by atoms with van der Waals surface area (Å²) in [6, 6.07) is 10.1. The maximum Gasteiger partial charge on any atom is 0.252 e. The Kier molecular flexibility index (Phi) is 4.80. The van der Waals surface area contributed by atoms with Gasteiger partial charge in [0, 0.05) is 11.4 Å². The van der Waals surface area contributed by atoms with Crippen LogP contribution >= 0.6 is 0 Å². The van der Waals surface area contributed by atoms with Crippen LogP contribution in [0.4, 0.5) is 20.2 Å². The molecule has 0 fully saturated rings. The van der Waals surface area contributed by atoms with Gasteiger partial charge in [-0.3, -0.25) is 19.7 Å². The summed E-state index contributed by atoms with van der Waals surface area (Å²) in [5, 5.41) is 8.51. The van der Waals surface area contributed by atoms with Gasteiger partial charge >= 0.3 is 0 Å². The number of hydrogen-bond acceptors (Lipinski definition) is 3. The molecule has 2 amide bonds. The number of rotatable bonds is 4. The van der Waals surface area contributed by atoms with Crippen LogP contribution in [0.15, 0.2) is 48.5 Å². The van der Waals surface area contributed by atoms with Crippen molar-refractivity contribution in [2.45, 2.75) is 6.42 Å². The topological polar surface area (TPSA) is 69.6 Å². The monoisotopic (exact) mass is 306 g/mol. The van der Waals surface area contributed by atoms with Crippen molar-refractivity contribution in [3.63, 3.8) is 0 Å². The van der Waals surface area contributed by atoms with Crippen LogP contribution in [-0.4, -0.2) is 17.0 Å². The van der Waals surface area contributed by atoms with Crippen LogP contribution in [0.5, 0.6) is 0 Å². The van der Waals surface area contributed by atoms with Gasteiger partial charge in [0.05, 0.1) is 0 Å². The van der Waals surface area contributed by atoms with E-state index in [1.807, 2.05) is 0 Å². The molecule has 0 atom stereocenters. The molecule has 114 valence electrons. The second-order valence-electron chi connectivity index (χ2n) is 4.39. The maximum absolute atomic E-state index is 13.0. The molecule has 22 heavy (non-hydrogen) atoms. The molecule has 0 saturated heterocycles. The average molecular weight is 306 g/mol. The fourth-order valence-electron chi connectivity index (χ4n) is 1.87. The zero-order chi connectivity index (χ0) is 16.1. The quantitative estimate of drug-likeness (QED) is 0.518. The van der Waals surface area contributed by atoms with Crippen molar-refractivity contribution in [1.29, 1.82) is 0 Å². The molecule has 0 aliphatic rings. The number of benzene rings is 2. The van der Waals surface area contributed by atoms with Crippen molar-refractivity contribution in [1.82, 2.24) is 5.48 Å². The van der Waals surface area contributed by atoms with Crippen molar-refractivity contribution >= 4 is 23.2 Å².